The van der Waals surface area contributed by atoms with Crippen LogP contribution in [0.25, 0.3) is 10.9 Å². The molecule has 2 aromatic carbocycles. The molecule has 0 saturated heterocycles. The summed E-state index contributed by atoms with van der Waals surface area (Å²) >= 11 is 0. The lowest BCUT2D eigenvalue weighted by Crippen LogP contribution is -2.16. The van der Waals surface area contributed by atoms with Crippen LogP contribution < -0.4 is 10.1 Å². The molecule has 0 aliphatic rings. The normalized spacial score (nSPS) is 11.1. The van der Waals surface area contributed by atoms with Crippen molar-refractivity contribution in [2.45, 2.75) is 13.0 Å². The van der Waals surface area contributed by atoms with E-state index in [1.54, 1.807) is 0 Å². The van der Waals surface area contributed by atoms with E-state index in [4.69, 9.17) is 4.74 Å². The summed E-state index contributed by atoms with van der Waals surface area (Å²) in [5, 5.41) is 4.44. The Labute approximate surface area is 139 Å². The monoisotopic (exact) mass is 330 g/mol. The minimum atomic E-state index is -0.489. The van der Waals surface area contributed by atoms with Crippen LogP contribution in [0.15, 0.2) is 48.7 Å². The highest BCUT2D eigenvalue weighted by Crippen LogP contribution is 2.19. The van der Waals surface area contributed by atoms with Crippen LogP contribution >= 0.6 is 0 Å². The Morgan fingerprint density at radius 1 is 1.12 bits per heavy atom. The summed E-state index contributed by atoms with van der Waals surface area (Å²) in [6.45, 7) is 1.11. The van der Waals surface area contributed by atoms with Crippen LogP contribution in [0.5, 0.6) is 5.75 Å². The smallest absolute Gasteiger partial charge is 0.125 e. The highest BCUT2D eigenvalue weighted by atomic mass is 19.1. The number of nitrogens with one attached hydrogen (secondary N) is 2. The fraction of sp³-hybridized carbons (Fsp3) is 0.263. The molecule has 0 fully saturated rings. The average molecular weight is 330 g/mol. The number of hydrogen-bond acceptors (Lipinski definition) is 2. The molecular formula is C19H20F2N2O. The van der Waals surface area contributed by atoms with Crippen LogP contribution in [0, 0.1) is 5.82 Å². The second kappa shape index (κ2) is 7.93. The molecule has 3 nitrogen and oxygen atoms in total. The molecule has 2 N–H and O–H groups in total. The van der Waals surface area contributed by atoms with Gasteiger partial charge < -0.3 is 15.0 Å². The molecule has 1 aromatic heterocycles. The van der Waals surface area contributed by atoms with Gasteiger partial charge in [0.25, 0.3) is 0 Å². The number of aromatic amines is 1. The highest BCUT2D eigenvalue weighted by molar-refractivity contribution is 5.83. The number of rotatable bonds is 8. The van der Waals surface area contributed by atoms with E-state index >= 15 is 0 Å². The second-order valence-corrected chi connectivity index (χ2v) is 5.62. The maximum Gasteiger partial charge on any atom is 0.125 e. The van der Waals surface area contributed by atoms with E-state index in [2.05, 4.69) is 10.3 Å². The molecule has 24 heavy (non-hydrogen) atoms. The third kappa shape index (κ3) is 4.11. The fourth-order valence-electron chi connectivity index (χ4n) is 2.72. The van der Waals surface area contributed by atoms with E-state index < -0.39 is 6.67 Å². The molecule has 1 heterocycles. The third-order valence-corrected chi connectivity index (χ3v) is 3.87. The summed E-state index contributed by atoms with van der Waals surface area (Å²) in [5.74, 6) is 0.453. The van der Waals surface area contributed by atoms with Crippen molar-refractivity contribution in [3.8, 4) is 5.75 Å². The van der Waals surface area contributed by atoms with E-state index in [1.807, 2.05) is 36.5 Å². The quantitative estimate of drug-likeness (QED) is 0.613. The molecular weight excluding hydrogens is 310 g/mol. The highest BCUT2D eigenvalue weighted by Gasteiger charge is 2.04. The van der Waals surface area contributed by atoms with E-state index in [0.29, 0.717) is 12.3 Å². The van der Waals surface area contributed by atoms with Gasteiger partial charge in [0.1, 0.15) is 24.8 Å². The summed E-state index contributed by atoms with van der Waals surface area (Å²) in [5.41, 5.74) is 3.08. The standard InChI is InChI=1S/C19H20F2N2O/c20-7-9-24-17-3-1-2-14(10-17)12-22-8-6-15-13-23-19-11-16(21)4-5-18(15)19/h1-5,10-11,13,22-23H,6-9,12H2. The summed E-state index contributed by atoms with van der Waals surface area (Å²) in [4.78, 5) is 3.10. The lowest BCUT2D eigenvalue weighted by Gasteiger charge is -2.08. The van der Waals surface area contributed by atoms with E-state index in [9.17, 15) is 8.78 Å². The molecule has 126 valence electrons. The van der Waals surface area contributed by atoms with Gasteiger partial charge in [0, 0.05) is 23.6 Å². The van der Waals surface area contributed by atoms with Gasteiger partial charge in [0.2, 0.25) is 0 Å². The number of aromatic nitrogens is 1. The number of H-pyrrole nitrogens is 1. The zero-order valence-corrected chi connectivity index (χ0v) is 13.3. The van der Waals surface area contributed by atoms with Crippen molar-refractivity contribution in [3.05, 3.63) is 65.6 Å². The Morgan fingerprint density at radius 3 is 2.92 bits per heavy atom. The third-order valence-electron chi connectivity index (χ3n) is 3.87. The van der Waals surface area contributed by atoms with Gasteiger partial charge in [0.05, 0.1) is 0 Å². The summed E-state index contributed by atoms with van der Waals surface area (Å²) in [6.07, 6.45) is 2.78. The van der Waals surface area contributed by atoms with Gasteiger partial charge in [-0.1, -0.05) is 12.1 Å². The van der Waals surface area contributed by atoms with Crippen molar-refractivity contribution in [3.63, 3.8) is 0 Å². The lowest BCUT2D eigenvalue weighted by molar-refractivity contribution is 0.273. The van der Waals surface area contributed by atoms with Gasteiger partial charge >= 0.3 is 0 Å². The molecule has 0 bridgehead atoms. The predicted molar refractivity (Wildman–Crippen MR) is 91.6 cm³/mol. The molecule has 3 rings (SSSR count). The van der Waals surface area contributed by atoms with Crippen LogP contribution in [-0.2, 0) is 13.0 Å². The molecule has 0 saturated carbocycles. The number of alkyl halides is 1. The van der Waals surface area contributed by atoms with Gasteiger partial charge in [0.15, 0.2) is 0 Å². The number of ether oxygens (including phenoxy) is 1. The van der Waals surface area contributed by atoms with Crippen LogP contribution in [-0.4, -0.2) is 24.8 Å². The lowest BCUT2D eigenvalue weighted by atomic mass is 10.1. The van der Waals surface area contributed by atoms with Crippen molar-refractivity contribution >= 4 is 10.9 Å². The van der Waals surface area contributed by atoms with Gasteiger partial charge in [-0.2, -0.15) is 0 Å². The molecule has 0 aliphatic heterocycles. The van der Waals surface area contributed by atoms with Crippen LogP contribution in [0.1, 0.15) is 11.1 Å². The number of fused-ring (bicyclic) bond motifs is 1. The van der Waals surface area contributed by atoms with Crippen LogP contribution in [0.2, 0.25) is 0 Å². The number of hydrogen-bond donors (Lipinski definition) is 2. The zero-order valence-electron chi connectivity index (χ0n) is 13.3. The summed E-state index contributed by atoms with van der Waals surface area (Å²) in [6, 6.07) is 12.4. The SMILES string of the molecule is FCCOc1cccc(CNCCc2c[nH]c3cc(F)ccc23)c1. The Hall–Kier alpha value is -2.40. The van der Waals surface area contributed by atoms with Crippen molar-refractivity contribution in [1.82, 2.24) is 10.3 Å². The van der Waals surface area contributed by atoms with Crippen molar-refractivity contribution in [1.29, 1.82) is 0 Å². The van der Waals surface area contributed by atoms with Crippen molar-refractivity contribution in [2.75, 3.05) is 19.8 Å². The minimum absolute atomic E-state index is 0.0814. The fourth-order valence-corrected chi connectivity index (χ4v) is 2.72. The van der Waals surface area contributed by atoms with Crippen LogP contribution in [0.3, 0.4) is 0 Å². The zero-order chi connectivity index (χ0) is 16.8. The van der Waals surface area contributed by atoms with Gasteiger partial charge in [-0.05, 0) is 54.4 Å². The Balaban J connectivity index is 1.51. The molecule has 0 amide bonds. The average Bonchev–Trinajstić information content (AvgIpc) is 2.99. The van der Waals surface area contributed by atoms with Crippen molar-refractivity contribution in [2.24, 2.45) is 0 Å². The molecule has 0 aliphatic carbocycles. The first-order valence-corrected chi connectivity index (χ1v) is 8.00. The van der Waals surface area contributed by atoms with Crippen LogP contribution in [0.4, 0.5) is 8.78 Å². The first-order valence-electron chi connectivity index (χ1n) is 8.00. The molecule has 0 atom stereocenters. The summed E-state index contributed by atoms with van der Waals surface area (Å²) < 4.78 is 30.6. The minimum Gasteiger partial charge on any atom is -0.491 e. The number of halogens is 2. The topological polar surface area (TPSA) is 37.0 Å². The maximum absolute atomic E-state index is 13.2. The number of benzene rings is 2. The Bertz CT molecular complexity index is 801. The second-order valence-electron chi connectivity index (χ2n) is 5.62. The molecule has 0 radical (unpaired) electrons. The van der Waals surface area contributed by atoms with Gasteiger partial charge in [-0.25, -0.2) is 8.78 Å². The largest absolute Gasteiger partial charge is 0.491 e. The molecule has 0 spiro atoms. The van der Waals surface area contributed by atoms with E-state index in [1.165, 1.54) is 12.1 Å². The maximum atomic E-state index is 13.2. The van der Waals surface area contributed by atoms with Gasteiger partial charge in [-0.3, -0.25) is 0 Å². The Morgan fingerprint density at radius 2 is 2.04 bits per heavy atom. The van der Waals surface area contributed by atoms with Crippen molar-refractivity contribution < 1.29 is 13.5 Å². The van der Waals surface area contributed by atoms with E-state index in [-0.39, 0.29) is 12.4 Å². The molecule has 3 aromatic rings. The first-order chi connectivity index (χ1) is 11.8. The van der Waals surface area contributed by atoms with E-state index in [0.717, 1.165) is 35.0 Å². The first kappa shape index (κ1) is 16.5. The molecule has 0 unspecified atom stereocenters. The Kier molecular flexibility index (Phi) is 5.43. The van der Waals surface area contributed by atoms with Gasteiger partial charge in [-0.15, -0.1) is 0 Å². The predicted octanol–water partition coefficient (Wildman–Crippen LogP) is 3.99. The summed E-state index contributed by atoms with van der Waals surface area (Å²) in [7, 11) is 0. The molecule has 5 heteroatoms.